The number of likely N-dealkylation sites (N-methyl/N-ethyl adjacent to an activating group) is 1. The molecule has 0 unspecified atom stereocenters. The Balaban J connectivity index is 1.86. The summed E-state index contributed by atoms with van der Waals surface area (Å²) in [6.45, 7) is 0.786. The average Bonchev–Trinajstić information content (AvgIpc) is 3.15. The van der Waals surface area contributed by atoms with Gasteiger partial charge in [0.1, 0.15) is 6.61 Å². The fourth-order valence-corrected chi connectivity index (χ4v) is 2.86. The highest BCUT2D eigenvalue weighted by Crippen LogP contribution is 2.24. The maximum Gasteiger partial charge on any atom is 0.407 e. The van der Waals surface area contributed by atoms with Crippen LogP contribution < -0.4 is 5.32 Å². The van der Waals surface area contributed by atoms with E-state index >= 15 is 0 Å². The predicted molar refractivity (Wildman–Crippen MR) is 87.2 cm³/mol. The molecule has 1 aromatic carbocycles. The molecule has 126 valence electrons. The van der Waals surface area contributed by atoms with Crippen molar-refractivity contribution < 1.29 is 9.53 Å². The van der Waals surface area contributed by atoms with Crippen LogP contribution in [0.4, 0.5) is 4.79 Å². The maximum atomic E-state index is 11.1. The number of hydrogen-bond acceptors (Lipinski definition) is 6. The van der Waals surface area contributed by atoms with Crippen LogP contribution in [0.3, 0.4) is 0 Å². The summed E-state index contributed by atoms with van der Waals surface area (Å²) in [6.07, 6.45) is 2.47. The van der Waals surface area contributed by atoms with Crippen LogP contribution in [0, 0.1) is 9.81 Å². The number of amides is 1. The molecule has 1 aliphatic rings. The standard InChI is InChI=1S/C15H17N5O4/c1-19(17-22)5-4-11-8-20(18-23)14-3-2-10(7-13(11)14)6-12-9-24-15(21)16-12/h2-3,7-8,12H,4-6,9H2,1H3,(H,16,21)/t12-/m0/s1. The van der Waals surface area contributed by atoms with Crippen LogP contribution in [-0.4, -0.2) is 42.0 Å². The summed E-state index contributed by atoms with van der Waals surface area (Å²) in [5, 5.41) is 10.8. The zero-order chi connectivity index (χ0) is 17.1. The quantitative estimate of drug-likeness (QED) is 0.617. The molecule has 9 heteroatoms. The Kier molecular flexibility index (Phi) is 4.41. The van der Waals surface area contributed by atoms with Gasteiger partial charge in [-0.15, -0.1) is 9.81 Å². The summed E-state index contributed by atoms with van der Waals surface area (Å²) >= 11 is 0. The van der Waals surface area contributed by atoms with Gasteiger partial charge in [0, 0.05) is 25.2 Å². The van der Waals surface area contributed by atoms with Crippen LogP contribution in [0.2, 0.25) is 0 Å². The van der Waals surface area contributed by atoms with E-state index in [0.717, 1.165) is 16.5 Å². The lowest BCUT2D eigenvalue weighted by Crippen LogP contribution is -2.28. The van der Waals surface area contributed by atoms with Gasteiger partial charge in [0.05, 0.1) is 22.1 Å². The monoisotopic (exact) mass is 331 g/mol. The first kappa shape index (κ1) is 15.9. The van der Waals surface area contributed by atoms with Gasteiger partial charge in [0.25, 0.3) is 0 Å². The van der Waals surface area contributed by atoms with E-state index in [2.05, 4.69) is 15.9 Å². The third kappa shape index (κ3) is 3.19. The lowest BCUT2D eigenvalue weighted by atomic mass is 10.0. The Hall–Kier alpha value is -2.97. The summed E-state index contributed by atoms with van der Waals surface area (Å²) < 4.78 is 6.17. The second-order valence-corrected chi connectivity index (χ2v) is 5.79. The van der Waals surface area contributed by atoms with E-state index in [-0.39, 0.29) is 6.04 Å². The molecule has 1 aliphatic heterocycles. The van der Waals surface area contributed by atoms with Gasteiger partial charge in [-0.3, -0.25) is 5.01 Å². The van der Waals surface area contributed by atoms with E-state index in [4.69, 9.17) is 4.74 Å². The Bertz CT molecular complexity index is 788. The van der Waals surface area contributed by atoms with Crippen LogP contribution in [-0.2, 0) is 17.6 Å². The molecule has 2 aromatic rings. The normalized spacial score (nSPS) is 16.7. The van der Waals surface area contributed by atoms with Gasteiger partial charge in [-0.1, -0.05) is 6.07 Å². The lowest BCUT2D eigenvalue weighted by Gasteiger charge is -2.09. The molecule has 0 aliphatic carbocycles. The maximum absolute atomic E-state index is 11.1. The van der Waals surface area contributed by atoms with E-state index in [0.29, 0.717) is 31.5 Å². The summed E-state index contributed by atoms with van der Waals surface area (Å²) in [7, 11) is 1.60. The Morgan fingerprint density at radius 2 is 2.25 bits per heavy atom. The van der Waals surface area contributed by atoms with E-state index in [1.54, 1.807) is 13.2 Å². The molecule has 0 radical (unpaired) electrons. The molecule has 1 saturated heterocycles. The number of hydrogen-bond donors (Lipinski definition) is 1. The van der Waals surface area contributed by atoms with Gasteiger partial charge >= 0.3 is 6.09 Å². The van der Waals surface area contributed by atoms with Crippen LogP contribution in [0.15, 0.2) is 35.0 Å². The van der Waals surface area contributed by atoms with E-state index in [1.165, 1.54) is 9.69 Å². The van der Waals surface area contributed by atoms with Crippen molar-refractivity contribution in [3.63, 3.8) is 0 Å². The van der Waals surface area contributed by atoms with Crippen molar-refractivity contribution in [2.75, 3.05) is 20.2 Å². The average molecular weight is 331 g/mol. The first-order valence-corrected chi connectivity index (χ1v) is 7.55. The highest BCUT2D eigenvalue weighted by atomic mass is 16.6. The largest absolute Gasteiger partial charge is 0.447 e. The minimum atomic E-state index is -0.400. The number of ether oxygens (including phenoxy) is 1. The van der Waals surface area contributed by atoms with Gasteiger partial charge in [-0.2, -0.15) is 0 Å². The van der Waals surface area contributed by atoms with E-state index in [1.807, 2.05) is 18.2 Å². The van der Waals surface area contributed by atoms with Crippen molar-refractivity contribution in [2.24, 2.45) is 10.6 Å². The summed E-state index contributed by atoms with van der Waals surface area (Å²) in [6, 6.07) is 5.65. The van der Waals surface area contributed by atoms with Crippen molar-refractivity contribution >= 4 is 17.0 Å². The highest BCUT2D eigenvalue weighted by molar-refractivity contribution is 5.84. The number of alkyl carbamates (subject to hydrolysis) is 1. The predicted octanol–water partition coefficient (Wildman–Crippen LogP) is 1.98. The molecule has 2 heterocycles. The number of benzene rings is 1. The number of nitrogens with one attached hydrogen (secondary N) is 1. The molecular weight excluding hydrogens is 314 g/mol. The van der Waals surface area contributed by atoms with E-state index < -0.39 is 6.09 Å². The first-order valence-electron chi connectivity index (χ1n) is 7.55. The van der Waals surface area contributed by atoms with Crippen molar-refractivity contribution in [3.8, 4) is 0 Å². The molecule has 0 bridgehead atoms. The molecule has 0 spiro atoms. The zero-order valence-electron chi connectivity index (χ0n) is 13.1. The van der Waals surface area contributed by atoms with Crippen LogP contribution in [0.1, 0.15) is 11.1 Å². The van der Waals surface area contributed by atoms with Crippen molar-refractivity contribution in [1.29, 1.82) is 0 Å². The zero-order valence-corrected chi connectivity index (χ0v) is 13.1. The minimum absolute atomic E-state index is 0.0601. The number of carbonyl (C=O) groups is 1. The second kappa shape index (κ2) is 6.65. The van der Waals surface area contributed by atoms with Crippen molar-refractivity contribution in [3.05, 3.63) is 45.3 Å². The third-order valence-corrected chi connectivity index (χ3v) is 4.08. The Morgan fingerprint density at radius 3 is 2.92 bits per heavy atom. The molecule has 1 N–H and O–H groups in total. The fraction of sp³-hybridized carbons (Fsp3) is 0.400. The molecule has 0 saturated carbocycles. The smallest absolute Gasteiger partial charge is 0.407 e. The number of fused-ring (bicyclic) bond motifs is 1. The number of rotatable bonds is 7. The summed E-state index contributed by atoms with van der Waals surface area (Å²) in [5.41, 5.74) is 2.64. The minimum Gasteiger partial charge on any atom is -0.447 e. The molecule has 24 heavy (non-hydrogen) atoms. The topological polar surface area (TPSA) is 105 Å². The first-order chi connectivity index (χ1) is 11.6. The van der Waals surface area contributed by atoms with Crippen LogP contribution >= 0.6 is 0 Å². The van der Waals surface area contributed by atoms with Crippen LogP contribution in [0.25, 0.3) is 10.9 Å². The second-order valence-electron chi connectivity index (χ2n) is 5.79. The van der Waals surface area contributed by atoms with Crippen LogP contribution in [0.5, 0.6) is 0 Å². The van der Waals surface area contributed by atoms with Gasteiger partial charge in [0.2, 0.25) is 0 Å². The fourth-order valence-electron chi connectivity index (χ4n) is 2.86. The van der Waals surface area contributed by atoms with Gasteiger partial charge in [-0.25, -0.2) is 9.47 Å². The molecule has 1 atom stereocenters. The molecule has 1 amide bonds. The molecule has 1 fully saturated rings. The Labute approximate surface area is 137 Å². The van der Waals surface area contributed by atoms with Gasteiger partial charge < -0.3 is 10.1 Å². The number of nitroso groups, excluding NO2 is 2. The summed E-state index contributed by atoms with van der Waals surface area (Å²) in [5.74, 6) is 0. The van der Waals surface area contributed by atoms with Gasteiger partial charge in [0.15, 0.2) is 0 Å². The number of aromatic nitrogens is 1. The Morgan fingerprint density at radius 1 is 1.42 bits per heavy atom. The molecule has 3 rings (SSSR count). The summed E-state index contributed by atoms with van der Waals surface area (Å²) in [4.78, 5) is 32.6. The number of nitrogens with zero attached hydrogens (tertiary/aromatic N) is 4. The number of cyclic esters (lactones) is 1. The van der Waals surface area contributed by atoms with Crippen molar-refractivity contribution in [1.82, 2.24) is 15.0 Å². The SMILES string of the molecule is CN(CCc1cn(N=O)c2ccc(C[C@H]3COC(=O)N3)cc12)N=O. The van der Waals surface area contributed by atoms with Gasteiger partial charge in [-0.05, 0) is 36.1 Å². The molecular formula is C15H17N5O4. The molecule has 9 nitrogen and oxygen atoms in total. The van der Waals surface area contributed by atoms with E-state index in [9.17, 15) is 14.6 Å². The van der Waals surface area contributed by atoms with Crippen molar-refractivity contribution in [2.45, 2.75) is 18.9 Å². The lowest BCUT2D eigenvalue weighted by molar-refractivity contribution is 0.177. The number of carbonyl (C=O) groups excluding carboxylic acids is 1. The molecule has 1 aromatic heterocycles. The third-order valence-electron chi connectivity index (χ3n) is 4.08. The highest BCUT2D eigenvalue weighted by Gasteiger charge is 2.22.